The Kier molecular flexibility index (Phi) is 4.02. The number of carbonyl (C=O) groups is 2. The van der Waals surface area contributed by atoms with Gasteiger partial charge in [-0.15, -0.1) is 0 Å². The maximum absolute atomic E-state index is 12.2. The number of cyclic esters (lactones) is 2. The average Bonchev–Trinajstić information content (AvgIpc) is 2.89. The summed E-state index contributed by atoms with van der Waals surface area (Å²) >= 11 is 0. The van der Waals surface area contributed by atoms with E-state index < -0.39 is 11.9 Å². The molecule has 4 rings (SSSR count). The second-order valence-corrected chi connectivity index (χ2v) is 7.56. The number of benzene rings is 2. The van der Waals surface area contributed by atoms with E-state index in [2.05, 4.69) is 13.8 Å². The Morgan fingerprint density at radius 2 is 1.78 bits per heavy atom. The van der Waals surface area contributed by atoms with Gasteiger partial charge < -0.3 is 14.6 Å². The first-order valence-corrected chi connectivity index (χ1v) is 8.92. The molecule has 2 aliphatic heterocycles. The number of ether oxygens (including phenoxy) is 2. The van der Waals surface area contributed by atoms with Gasteiger partial charge in [0.1, 0.15) is 17.1 Å². The molecule has 0 bridgehead atoms. The molecule has 0 aliphatic carbocycles. The molecule has 5 nitrogen and oxygen atoms in total. The molecule has 1 N–H and O–H groups in total. The minimum absolute atomic E-state index is 0.0937. The molecule has 0 amide bonds. The van der Waals surface area contributed by atoms with Crippen LogP contribution in [0, 0.1) is 0 Å². The molecule has 0 saturated heterocycles. The molecular formula is C22H20O5. The van der Waals surface area contributed by atoms with E-state index in [1.54, 1.807) is 12.1 Å². The summed E-state index contributed by atoms with van der Waals surface area (Å²) in [5, 5.41) is 9.46. The highest BCUT2D eigenvalue weighted by molar-refractivity contribution is 6.30. The van der Waals surface area contributed by atoms with Gasteiger partial charge >= 0.3 is 11.9 Å². The Balaban J connectivity index is 1.68. The van der Waals surface area contributed by atoms with E-state index in [4.69, 9.17) is 9.47 Å². The monoisotopic (exact) mass is 364 g/mol. The Hall–Kier alpha value is -3.08. The van der Waals surface area contributed by atoms with Crippen LogP contribution in [-0.4, -0.2) is 22.6 Å². The van der Waals surface area contributed by atoms with E-state index in [9.17, 15) is 14.7 Å². The topological polar surface area (TPSA) is 72.8 Å². The number of esters is 2. The number of rotatable bonds is 3. The van der Waals surface area contributed by atoms with Crippen molar-refractivity contribution in [2.75, 3.05) is 0 Å². The highest BCUT2D eigenvalue weighted by atomic mass is 16.6. The molecule has 0 spiro atoms. The molecule has 5 heteroatoms. The van der Waals surface area contributed by atoms with Gasteiger partial charge in [0.05, 0.1) is 11.1 Å². The van der Waals surface area contributed by atoms with E-state index in [1.165, 1.54) is 12.1 Å². The van der Waals surface area contributed by atoms with Crippen LogP contribution < -0.4 is 4.74 Å². The van der Waals surface area contributed by atoms with Gasteiger partial charge in [-0.3, -0.25) is 0 Å². The highest BCUT2D eigenvalue weighted by Crippen LogP contribution is 2.35. The third kappa shape index (κ3) is 3.33. The van der Waals surface area contributed by atoms with Crippen molar-refractivity contribution in [2.45, 2.75) is 38.7 Å². The maximum Gasteiger partial charge on any atom is 0.347 e. The molecule has 0 unspecified atom stereocenters. The number of aryl methyl sites for hydroxylation is 1. The van der Waals surface area contributed by atoms with Gasteiger partial charge in [0.2, 0.25) is 0 Å². The van der Waals surface area contributed by atoms with Crippen molar-refractivity contribution in [3.8, 4) is 11.5 Å². The fourth-order valence-electron chi connectivity index (χ4n) is 3.53. The third-order valence-electron chi connectivity index (χ3n) is 4.98. The maximum atomic E-state index is 12.2. The molecule has 0 radical (unpaired) electrons. The largest absolute Gasteiger partial charge is 0.508 e. The molecule has 2 aliphatic rings. The minimum Gasteiger partial charge on any atom is -0.508 e. The van der Waals surface area contributed by atoms with Crippen LogP contribution in [0.5, 0.6) is 11.5 Å². The summed E-state index contributed by atoms with van der Waals surface area (Å²) in [5.74, 6) is -0.300. The molecule has 138 valence electrons. The lowest BCUT2D eigenvalue weighted by Crippen LogP contribution is -2.32. The first kappa shape index (κ1) is 17.3. The molecular weight excluding hydrogens is 344 g/mol. The van der Waals surface area contributed by atoms with Crippen LogP contribution in [0.1, 0.15) is 37.0 Å². The van der Waals surface area contributed by atoms with Crippen LogP contribution in [0.2, 0.25) is 0 Å². The summed E-state index contributed by atoms with van der Waals surface area (Å²) in [7, 11) is 0. The van der Waals surface area contributed by atoms with Gasteiger partial charge in [0, 0.05) is 6.42 Å². The zero-order valence-electron chi connectivity index (χ0n) is 15.2. The number of hydrogen-bond donors (Lipinski definition) is 1. The summed E-state index contributed by atoms with van der Waals surface area (Å²) in [6.45, 7) is 4.14. The molecule has 0 aromatic heterocycles. The standard InChI is InChI=1S/C22H20O5/c1-22(2)10-9-15-11-13(3-8-18(15)27-22)12-17-19(21(25)26-20(17)24)14-4-6-16(23)7-5-14/h3-8,11,23H,9-10,12H2,1-2H3. The normalized spacial score (nSPS) is 18.1. The van der Waals surface area contributed by atoms with Gasteiger partial charge in [0.25, 0.3) is 0 Å². The van der Waals surface area contributed by atoms with Crippen LogP contribution in [-0.2, 0) is 27.2 Å². The summed E-state index contributed by atoms with van der Waals surface area (Å²) in [5.41, 5.74) is 3.01. The second kappa shape index (κ2) is 6.27. The minimum atomic E-state index is -0.649. The zero-order valence-corrected chi connectivity index (χ0v) is 15.2. The average molecular weight is 364 g/mol. The molecule has 0 atom stereocenters. The lowest BCUT2D eigenvalue weighted by molar-refractivity contribution is -0.150. The van der Waals surface area contributed by atoms with Crippen molar-refractivity contribution in [3.05, 3.63) is 64.7 Å². The summed E-state index contributed by atoms with van der Waals surface area (Å²) in [6, 6.07) is 12.0. The molecule has 2 aromatic rings. The van der Waals surface area contributed by atoms with Gasteiger partial charge in [0.15, 0.2) is 0 Å². The van der Waals surface area contributed by atoms with Gasteiger partial charge in [-0.25, -0.2) is 9.59 Å². The summed E-state index contributed by atoms with van der Waals surface area (Å²) < 4.78 is 10.8. The number of hydrogen-bond acceptors (Lipinski definition) is 5. The first-order chi connectivity index (χ1) is 12.8. The number of aromatic hydroxyl groups is 1. The number of phenols is 1. The SMILES string of the molecule is CC1(C)CCc2cc(CC3=C(c4ccc(O)cc4)C(=O)OC3=O)ccc2O1. The smallest absolute Gasteiger partial charge is 0.347 e. The second-order valence-electron chi connectivity index (χ2n) is 7.56. The van der Waals surface area contributed by atoms with Crippen molar-refractivity contribution in [1.29, 1.82) is 0 Å². The van der Waals surface area contributed by atoms with Crippen LogP contribution in [0.4, 0.5) is 0 Å². The highest BCUT2D eigenvalue weighted by Gasteiger charge is 2.34. The lowest BCUT2D eigenvalue weighted by atomic mass is 9.91. The molecule has 27 heavy (non-hydrogen) atoms. The van der Waals surface area contributed by atoms with Crippen molar-refractivity contribution >= 4 is 17.5 Å². The van der Waals surface area contributed by atoms with Crippen LogP contribution >= 0.6 is 0 Å². The van der Waals surface area contributed by atoms with Gasteiger partial charge in [-0.05, 0) is 61.6 Å². The Morgan fingerprint density at radius 3 is 2.52 bits per heavy atom. The van der Waals surface area contributed by atoms with Crippen LogP contribution in [0.25, 0.3) is 5.57 Å². The van der Waals surface area contributed by atoms with Crippen molar-refractivity contribution in [1.82, 2.24) is 0 Å². The number of fused-ring (bicyclic) bond motifs is 1. The third-order valence-corrected chi connectivity index (χ3v) is 4.98. The quantitative estimate of drug-likeness (QED) is 0.666. The van der Waals surface area contributed by atoms with E-state index >= 15 is 0 Å². The molecule has 2 heterocycles. The van der Waals surface area contributed by atoms with Crippen LogP contribution in [0.3, 0.4) is 0 Å². The van der Waals surface area contributed by atoms with E-state index in [0.717, 1.165) is 29.7 Å². The van der Waals surface area contributed by atoms with E-state index in [0.29, 0.717) is 17.6 Å². The number of phenolic OH excluding ortho intramolecular Hbond substituents is 1. The predicted octanol–water partition coefficient (Wildman–Crippen LogP) is 3.58. The molecule has 0 saturated carbocycles. The number of carbonyl (C=O) groups excluding carboxylic acids is 2. The first-order valence-electron chi connectivity index (χ1n) is 8.92. The zero-order chi connectivity index (χ0) is 19.2. The molecule has 0 fully saturated rings. The van der Waals surface area contributed by atoms with Crippen molar-refractivity contribution in [3.63, 3.8) is 0 Å². The lowest BCUT2D eigenvalue weighted by Gasteiger charge is -2.32. The van der Waals surface area contributed by atoms with Crippen molar-refractivity contribution in [2.24, 2.45) is 0 Å². The Bertz CT molecular complexity index is 967. The fraction of sp³-hybridized carbons (Fsp3) is 0.273. The Labute approximate surface area is 157 Å². The van der Waals surface area contributed by atoms with Gasteiger partial charge in [-0.2, -0.15) is 0 Å². The fourth-order valence-corrected chi connectivity index (χ4v) is 3.53. The molecule has 2 aromatic carbocycles. The summed E-state index contributed by atoms with van der Waals surface area (Å²) in [6.07, 6.45) is 2.13. The van der Waals surface area contributed by atoms with E-state index in [1.807, 2.05) is 18.2 Å². The van der Waals surface area contributed by atoms with E-state index in [-0.39, 0.29) is 16.9 Å². The predicted molar refractivity (Wildman–Crippen MR) is 99.3 cm³/mol. The van der Waals surface area contributed by atoms with Gasteiger partial charge in [-0.1, -0.05) is 24.3 Å². The Morgan fingerprint density at radius 1 is 1.04 bits per heavy atom. The summed E-state index contributed by atoms with van der Waals surface area (Å²) in [4.78, 5) is 24.4. The van der Waals surface area contributed by atoms with Crippen LogP contribution in [0.15, 0.2) is 48.0 Å². The van der Waals surface area contributed by atoms with Crippen molar-refractivity contribution < 1.29 is 24.2 Å².